The largest absolute Gasteiger partial charge is 0.493 e. The smallest absolute Gasteiger partial charge is 0.349 e. The Morgan fingerprint density at radius 1 is 0.969 bits per heavy atom. The summed E-state index contributed by atoms with van der Waals surface area (Å²) in [4.78, 5) is 36.7. The fourth-order valence-corrected chi connectivity index (χ4v) is 3.04. The Balaban J connectivity index is 1.53. The van der Waals surface area contributed by atoms with Gasteiger partial charge in [0.2, 0.25) is 5.75 Å². The zero-order valence-corrected chi connectivity index (χ0v) is 17.9. The van der Waals surface area contributed by atoms with Crippen molar-refractivity contribution < 1.29 is 33.0 Å². The molecule has 1 amide bonds. The Kier molecular flexibility index (Phi) is 7.33. The monoisotopic (exact) mass is 441 g/mol. The van der Waals surface area contributed by atoms with Gasteiger partial charge in [-0.05, 0) is 30.7 Å². The van der Waals surface area contributed by atoms with E-state index in [-0.39, 0.29) is 24.3 Å². The molecule has 0 aliphatic rings. The van der Waals surface area contributed by atoms with Crippen LogP contribution in [0.4, 0.5) is 0 Å². The number of carbonyl (C=O) groups is 2. The molecule has 0 aliphatic carbocycles. The van der Waals surface area contributed by atoms with Crippen molar-refractivity contribution in [3.63, 3.8) is 0 Å². The van der Waals surface area contributed by atoms with E-state index in [0.717, 1.165) is 0 Å². The molecule has 0 radical (unpaired) electrons. The molecule has 2 aromatic carbocycles. The number of esters is 1. The third-order valence-electron chi connectivity index (χ3n) is 4.63. The summed E-state index contributed by atoms with van der Waals surface area (Å²) in [7, 11) is 4.37. The SMILES string of the molecule is COc1cc(C(=O)OCCCNC(=O)c2cc3ccccc3oc2=O)cc(OC)c1OC. The first-order chi connectivity index (χ1) is 15.5. The number of para-hydroxylation sites is 1. The van der Waals surface area contributed by atoms with Gasteiger partial charge in [-0.15, -0.1) is 0 Å². The molecule has 3 aromatic rings. The second-order valence-corrected chi connectivity index (χ2v) is 6.64. The molecular weight excluding hydrogens is 418 g/mol. The maximum atomic E-state index is 12.4. The zero-order valence-electron chi connectivity index (χ0n) is 17.9. The fraction of sp³-hybridized carbons (Fsp3) is 0.261. The minimum atomic E-state index is -0.713. The number of rotatable bonds is 9. The standard InChI is InChI=1S/C23H23NO8/c1-28-18-12-15(13-19(29-2)20(18)30-3)22(26)31-10-6-9-24-21(25)16-11-14-7-4-5-8-17(14)32-23(16)27/h4-5,7-8,11-13H,6,9-10H2,1-3H3,(H,24,25). The predicted molar refractivity (Wildman–Crippen MR) is 116 cm³/mol. The summed E-state index contributed by atoms with van der Waals surface area (Å²) < 4.78 is 26.1. The van der Waals surface area contributed by atoms with E-state index in [1.165, 1.54) is 39.5 Å². The van der Waals surface area contributed by atoms with Crippen molar-refractivity contribution in [1.82, 2.24) is 5.32 Å². The highest BCUT2D eigenvalue weighted by atomic mass is 16.5. The zero-order chi connectivity index (χ0) is 23.1. The van der Waals surface area contributed by atoms with Crippen LogP contribution in [-0.2, 0) is 4.74 Å². The molecule has 9 heteroatoms. The van der Waals surface area contributed by atoms with Crippen LogP contribution in [0.3, 0.4) is 0 Å². The van der Waals surface area contributed by atoms with Gasteiger partial charge in [-0.25, -0.2) is 9.59 Å². The highest BCUT2D eigenvalue weighted by molar-refractivity contribution is 5.96. The first-order valence-corrected chi connectivity index (χ1v) is 9.76. The molecule has 3 rings (SSSR count). The number of fused-ring (bicyclic) bond motifs is 1. The van der Waals surface area contributed by atoms with Crippen molar-refractivity contribution in [2.45, 2.75) is 6.42 Å². The molecule has 0 atom stereocenters. The normalized spacial score (nSPS) is 10.5. The number of benzene rings is 2. The maximum Gasteiger partial charge on any atom is 0.349 e. The lowest BCUT2D eigenvalue weighted by molar-refractivity contribution is 0.0500. The van der Waals surface area contributed by atoms with E-state index < -0.39 is 17.5 Å². The van der Waals surface area contributed by atoms with Crippen LogP contribution >= 0.6 is 0 Å². The first kappa shape index (κ1) is 22.7. The molecule has 32 heavy (non-hydrogen) atoms. The summed E-state index contributed by atoms with van der Waals surface area (Å²) in [6.45, 7) is 0.260. The Labute approximate surface area is 183 Å². The molecule has 0 saturated heterocycles. The van der Waals surface area contributed by atoms with Crippen molar-refractivity contribution in [1.29, 1.82) is 0 Å². The van der Waals surface area contributed by atoms with Crippen molar-refractivity contribution in [2.75, 3.05) is 34.5 Å². The Bertz CT molecular complexity index is 1160. The van der Waals surface area contributed by atoms with E-state index in [9.17, 15) is 14.4 Å². The molecule has 0 unspecified atom stereocenters. The summed E-state index contributed by atoms with van der Waals surface area (Å²) in [6, 6.07) is 11.4. The number of hydrogen-bond acceptors (Lipinski definition) is 8. The van der Waals surface area contributed by atoms with Gasteiger partial charge in [0.05, 0.1) is 33.5 Å². The fourth-order valence-electron chi connectivity index (χ4n) is 3.04. The van der Waals surface area contributed by atoms with Gasteiger partial charge in [-0.1, -0.05) is 18.2 Å². The van der Waals surface area contributed by atoms with Crippen LogP contribution in [0, 0.1) is 0 Å². The number of nitrogens with one attached hydrogen (secondary N) is 1. The lowest BCUT2D eigenvalue weighted by Gasteiger charge is -2.13. The molecule has 9 nitrogen and oxygen atoms in total. The van der Waals surface area contributed by atoms with Crippen LogP contribution in [0.2, 0.25) is 0 Å². The topological polar surface area (TPSA) is 113 Å². The molecule has 168 valence electrons. The molecule has 0 fully saturated rings. The van der Waals surface area contributed by atoms with Crippen LogP contribution in [0.25, 0.3) is 11.0 Å². The number of carbonyl (C=O) groups excluding carboxylic acids is 2. The van der Waals surface area contributed by atoms with Crippen molar-refractivity contribution in [2.24, 2.45) is 0 Å². The van der Waals surface area contributed by atoms with Gasteiger partial charge >= 0.3 is 11.6 Å². The maximum absolute atomic E-state index is 12.4. The molecule has 0 spiro atoms. The minimum absolute atomic E-state index is 0.0576. The quantitative estimate of drug-likeness (QED) is 0.306. The van der Waals surface area contributed by atoms with E-state index in [0.29, 0.717) is 34.6 Å². The van der Waals surface area contributed by atoms with Gasteiger partial charge in [-0.3, -0.25) is 4.79 Å². The molecule has 0 aliphatic heterocycles. The Hall–Kier alpha value is -4.01. The minimum Gasteiger partial charge on any atom is -0.493 e. The van der Waals surface area contributed by atoms with E-state index >= 15 is 0 Å². The van der Waals surface area contributed by atoms with Crippen LogP contribution in [-0.4, -0.2) is 46.4 Å². The molecular formula is C23H23NO8. The van der Waals surface area contributed by atoms with E-state index in [1.807, 2.05) is 0 Å². The van der Waals surface area contributed by atoms with E-state index in [1.54, 1.807) is 24.3 Å². The Morgan fingerprint density at radius 2 is 1.66 bits per heavy atom. The number of hydrogen-bond donors (Lipinski definition) is 1. The molecule has 0 saturated carbocycles. The number of methoxy groups -OCH3 is 3. The highest BCUT2D eigenvalue weighted by Crippen LogP contribution is 2.38. The first-order valence-electron chi connectivity index (χ1n) is 9.76. The number of ether oxygens (including phenoxy) is 4. The van der Waals surface area contributed by atoms with Crippen molar-refractivity contribution in [3.8, 4) is 17.2 Å². The van der Waals surface area contributed by atoms with Crippen molar-refractivity contribution in [3.05, 3.63) is 64.0 Å². The average molecular weight is 441 g/mol. The van der Waals surface area contributed by atoms with Gasteiger partial charge in [0.15, 0.2) is 11.5 Å². The van der Waals surface area contributed by atoms with Gasteiger partial charge in [0.1, 0.15) is 11.1 Å². The molecule has 0 bridgehead atoms. The average Bonchev–Trinajstić information content (AvgIpc) is 2.81. The lowest BCUT2D eigenvalue weighted by Crippen LogP contribution is -2.29. The number of amides is 1. The van der Waals surface area contributed by atoms with Gasteiger partial charge < -0.3 is 28.7 Å². The summed E-state index contributed by atoms with van der Waals surface area (Å²) in [5.41, 5.74) is -0.154. The van der Waals surface area contributed by atoms with Crippen LogP contribution in [0.1, 0.15) is 27.1 Å². The van der Waals surface area contributed by atoms with Gasteiger partial charge in [-0.2, -0.15) is 0 Å². The molecule has 1 N–H and O–H groups in total. The lowest BCUT2D eigenvalue weighted by atomic mass is 10.2. The van der Waals surface area contributed by atoms with Crippen molar-refractivity contribution >= 4 is 22.8 Å². The highest BCUT2D eigenvalue weighted by Gasteiger charge is 2.18. The second kappa shape index (κ2) is 10.3. The summed E-state index contributed by atoms with van der Waals surface area (Å²) in [6.07, 6.45) is 0.348. The third kappa shape index (κ3) is 5.00. The molecule has 1 heterocycles. The van der Waals surface area contributed by atoms with Gasteiger partial charge in [0.25, 0.3) is 5.91 Å². The van der Waals surface area contributed by atoms with Gasteiger partial charge in [0, 0.05) is 11.9 Å². The summed E-state index contributed by atoms with van der Waals surface area (Å²) in [5, 5.41) is 3.27. The summed E-state index contributed by atoms with van der Waals surface area (Å²) >= 11 is 0. The predicted octanol–water partition coefficient (Wildman–Crippen LogP) is 2.80. The molecule has 1 aromatic heterocycles. The Morgan fingerprint density at radius 3 is 2.31 bits per heavy atom. The third-order valence-corrected chi connectivity index (χ3v) is 4.63. The van der Waals surface area contributed by atoms with E-state index in [2.05, 4.69) is 5.32 Å². The van der Waals surface area contributed by atoms with Crippen LogP contribution < -0.4 is 25.2 Å². The summed E-state index contributed by atoms with van der Waals surface area (Å²) in [5.74, 6) is -0.0980. The van der Waals surface area contributed by atoms with E-state index in [4.69, 9.17) is 23.4 Å². The van der Waals surface area contributed by atoms with Crippen LogP contribution in [0.15, 0.2) is 51.7 Å². The van der Waals surface area contributed by atoms with Crippen LogP contribution in [0.5, 0.6) is 17.2 Å². The second-order valence-electron chi connectivity index (χ2n) is 6.64.